The van der Waals surface area contributed by atoms with Crippen LogP contribution in [0.4, 0.5) is 0 Å². The van der Waals surface area contributed by atoms with E-state index in [0.29, 0.717) is 6.54 Å². The minimum Gasteiger partial charge on any atom is -0.400 e. The molecule has 0 aromatic carbocycles. The van der Waals surface area contributed by atoms with Crippen LogP contribution in [0.5, 0.6) is 0 Å². The molecular formula is C14H39N2NaO2. The van der Waals surface area contributed by atoms with E-state index >= 15 is 0 Å². The van der Waals surface area contributed by atoms with Crippen molar-refractivity contribution in [3.05, 3.63) is 6.92 Å². The zero-order chi connectivity index (χ0) is 14.4. The Morgan fingerprint density at radius 1 is 1.26 bits per heavy atom. The smallest absolute Gasteiger partial charge is 0.400 e. The van der Waals surface area contributed by atoms with Crippen LogP contribution in [0.3, 0.4) is 0 Å². The van der Waals surface area contributed by atoms with Gasteiger partial charge in [0.25, 0.3) is 0 Å². The first kappa shape index (κ1) is 51.0. The normalized spacial score (nSPS) is 4.42. The maximum absolute atomic E-state index is 9.82. The van der Waals surface area contributed by atoms with Crippen LogP contribution in [-0.4, -0.2) is 31.7 Å². The van der Waals surface area contributed by atoms with Gasteiger partial charge in [-0.05, 0) is 14.0 Å². The van der Waals surface area contributed by atoms with Gasteiger partial charge in [-0.2, -0.15) is 0 Å². The Kier molecular flexibility index (Phi) is 400. The van der Waals surface area contributed by atoms with Crippen LogP contribution in [0.2, 0.25) is 0 Å². The third-order valence-electron chi connectivity index (χ3n) is 0.374. The van der Waals surface area contributed by atoms with Crippen LogP contribution in [0, 0.1) is 19.7 Å². The van der Waals surface area contributed by atoms with Crippen molar-refractivity contribution in [2.24, 2.45) is 5.73 Å². The Labute approximate surface area is 147 Å². The van der Waals surface area contributed by atoms with E-state index in [2.05, 4.69) is 38.2 Å². The van der Waals surface area contributed by atoms with Gasteiger partial charge in [0.05, 0.1) is 5.91 Å². The predicted molar refractivity (Wildman–Crippen MR) is 88.3 cm³/mol. The minimum atomic E-state index is -0.211. The first-order chi connectivity index (χ1) is 7.60. The van der Waals surface area contributed by atoms with Crippen molar-refractivity contribution in [1.29, 1.82) is 0 Å². The monoisotopic (exact) mass is 291 g/mol. The Bertz CT molecular complexity index is 133. The summed E-state index contributed by atoms with van der Waals surface area (Å²) in [5.41, 5.74) is 4.50. The van der Waals surface area contributed by atoms with Crippen molar-refractivity contribution >= 4 is 5.91 Å². The molecule has 0 aliphatic rings. The molecule has 0 aliphatic heterocycles. The summed E-state index contributed by atoms with van der Waals surface area (Å²) in [6.07, 6.45) is 7.01. The van der Waals surface area contributed by atoms with E-state index in [4.69, 9.17) is 6.48 Å². The van der Waals surface area contributed by atoms with Crippen molar-refractivity contribution in [1.82, 2.24) is 5.32 Å². The zero-order valence-electron chi connectivity index (χ0n) is 12.6. The van der Waals surface area contributed by atoms with Crippen LogP contribution in [0.15, 0.2) is 0 Å². The van der Waals surface area contributed by atoms with Gasteiger partial charge in [0.1, 0.15) is 1.37 Å². The number of amides is 1. The fourth-order valence-electron chi connectivity index (χ4n) is 0.197. The Morgan fingerprint density at radius 3 is 1.42 bits per heavy atom. The van der Waals surface area contributed by atoms with Crippen molar-refractivity contribution in [2.75, 3.05) is 20.7 Å². The van der Waals surface area contributed by atoms with Crippen LogP contribution < -0.4 is 40.6 Å². The second-order valence-electron chi connectivity index (χ2n) is 1.66. The molecule has 1 amide bonds. The van der Waals surface area contributed by atoms with E-state index < -0.39 is 0 Å². The molecule has 0 radical (unpaired) electrons. The summed E-state index contributed by atoms with van der Waals surface area (Å²) < 4.78 is 5.74. The molecule has 0 saturated carbocycles. The third kappa shape index (κ3) is 561. The molecule has 0 saturated heterocycles. The van der Waals surface area contributed by atoms with E-state index in [1.165, 1.54) is 19.9 Å². The maximum Gasteiger partial charge on any atom is 1.00 e. The van der Waals surface area contributed by atoms with Gasteiger partial charge in [0, 0.05) is 13.7 Å². The summed E-state index contributed by atoms with van der Waals surface area (Å²) in [5, 5.41) is 9.46. The summed E-state index contributed by atoms with van der Waals surface area (Å²) in [5.74, 6) is -0.211. The van der Waals surface area contributed by atoms with Gasteiger partial charge in [-0.3, -0.25) is 0 Å². The SMILES string of the molecule is C.C.C.CCC.CN.CO.[2H]C#C.[CH2-]C(=O)NCC.[Na+]. The van der Waals surface area contributed by atoms with Crippen LogP contribution in [0.1, 0.15) is 50.8 Å². The molecule has 5 heteroatoms. The molecule has 118 valence electrons. The Balaban J connectivity index is -0.0000000111. The Hall–Kier alpha value is -0.180. The van der Waals surface area contributed by atoms with Crippen molar-refractivity contribution in [2.45, 2.75) is 49.5 Å². The molecule has 4 nitrogen and oxygen atoms in total. The number of hydrogen-bond donors (Lipinski definition) is 3. The van der Waals surface area contributed by atoms with Crippen molar-refractivity contribution in [3.8, 4) is 12.8 Å². The fourth-order valence-corrected chi connectivity index (χ4v) is 0.197. The second kappa shape index (κ2) is 149. The van der Waals surface area contributed by atoms with Gasteiger partial charge >= 0.3 is 29.6 Å². The molecule has 4 N–H and O–H groups in total. The van der Waals surface area contributed by atoms with Crippen LogP contribution >= 0.6 is 0 Å². The number of hydrogen-bond acceptors (Lipinski definition) is 3. The zero-order valence-corrected chi connectivity index (χ0v) is 13.6. The molecule has 0 atom stereocenters. The molecule has 0 heterocycles. The largest absolute Gasteiger partial charge is 1.00 e. The minimum absolute atomic E-state index is 0. The van der Waals surface area contributed by atoms with Crippen LogP contribution in [0.25, 0.3) is 0 Å². The molecular weight excluding hydrogens is 251 g/mol. The van der Waals surface area contributed by atoms with Gasteiger partial charge in [-0.25, -0.2) is 0 Å². The number of terminal acetylenes is 1. The standard InChI is InChI=1S/C4H8NO.C3H8.C2H2.CH5N.CH4O.3CH4.Na/c1-3-5-4(2)6;1-3-2;3*1-2;;;;/h2-3H2,1H3,(H,5,6);3H2,1-2H3;1-2H;2H2,1H3;2H,1H3;3*1H4;/q-1;;;;;;;;+1/i;;1D;;;;;;. The molecule has 19 heavy (non-hydrogen) atoms. The first-order valence-corrected chi connectivity index (χ1v) is 4.60. The second-order valence-corrected chi connectivity index (χ2v) is 1.66. The molecule has 0 rings (SSSR count). The molecule has 0 spiro atoms. The summed E-state index contributed by atoms with van der Waals surface area (Å²) in [6.45, 7) is 9.85. The average molecular weight is 291 g/mol. The van der Waals surface area contributed by atoms with Gasteiger partial charge in [0.15, 0.2) is 0 Å². The van der Waals surface area contributed by atoms with Gasteiger partial charge in [-0.15, -0.1) is 12.8 Å². The number of carbonyl (C=O) groups is 1. The van der Waals surface area contributed by atoms with Gasteiger partial charge < -0.3 is 27.9 Å². The van der Waals surface area contributed by atoms with Crippen molar-refractivity contribution < 1.29 is 40.8 Å². The number of rotatable bonds is 1. The first-order valence-electron chi connectivity index (χ1n) is 5.10. The molecule has 0 unspecified atom stereocenters. The van der Waals surface area contributed by atoms with E-state index in [1.54, 1.807) is 0 Å². The number of nitrogens with one attached hydrogen (secondary N) is 1. The fraction of sp³-hybridized carbons (Fsp3) is 0.714. The predicted octanol–water partition coefficient (Wildman–Crippen LogP) is -0.282. The summed E-state index contributed by atoms with van der Waals surface area (Å²) in [6, 6.07) is 0. The molecule has 0 aromatic rings. The van der Waals surface area contributed by atoms with E-state index in [-0.39, 0.29) is 57.7 Å². The number of nitrogens with two attached hydrogens (primary N) is 1. The quantitative estimate of drug-likeness (QED) is 0.353. The van der Waals surface area contributed by atoms with Crippen molar-refractivity contribution in [3.63, 3.8) is 0 Å². The summed E-state index contributed by atoms with van der Waals surface area (Å²) in [4.78, 5) is 9.82. The molecule has 0 fully saturated rings. The van der Waals surface area contributed by atoms with E-state index in [0.717, 1.165) is 7.11 Å². The van der Waals surface area contributed by atoms with Gasteiger partial charge in [-0.1, -0.05) is 42.5 Å². The van der Waals surface area contributed by atoms with E-state index in [9.17, 15) is 4.79 Å². The van der Waals surface area contributed by atoms with Crippen LogP contribution in [-0.2, 0) is 4.79 Å². The topological polar surface area (TPSA) is 75.3 Å². The number of carbonyl (C=O) groups excluding carboxylic acids is 1. The number of aliphatic hydroxyl groups is 1. The third-order valence-corrected chi connectivity index (χ3v) is 0.374. The Morgan fingerprint density at radius 2 is 1.42 bits per heavy atom. The molecule has 0 aromatic heterocycles. The number of aliphatic hydroxyl groups excluding tert-OH is 1. The van der Waals surface area contributed by atoms with E-state index in [1.807, 2.05) is 6.92 Å². The average Bonchev–Trinajstić information content (AvgIpc) is 2.26. The molecule has 0 bridgehead atoms. The summed E-state index contributed by atoms with van der Waals surface area (Å²) >= 11 is 0. The maximum atomic E-state index is 9.82. The summed E-state index contributed by atoms with van der Waals surface area (Å²) in [7, 11) is 2.50. The molecule has 0 aliphatic carbocycles. The van der Waals surface area contributed by atoms with Gasteiger partial charge in [0.2, 0.25) is 0 Å².